The Kier molecular flexibility index (Phi) is 64.8. The van der Waals surface area contributed by atoms with Crippen LogP contribution in [-0.4, -0.2) is 37.2 Å². The van der Waals surface area contributed by atoms with Crippen molar-refractivity contribution in [1.82, 2.24) is 0 Å². The molecule has 0 aromatic heterocycles. The summed E-state index contributed by atoms with van der Waals surface area (Å²) in [6, 6.07) is 0. The van der Waals surface area contributed by atoms with Crippen LogP contribution in [-0.2, 0) is 28.6 Å². The Hall–Kier alpha value is -4.19. The van der Waals surface area contributed by atoms with Crippen LogP contribution in [0.5, 0.6) is 0 Å². The van der Waals surface area contributed by atoms with E-state index in [1.54, 1.807) is 0 Å². The van der Waals surface area contributed by atoms with Crippen LogP contribution in [0.15, 0.2) is 122 Å². The number of rotatable bonds is 61. The van der Waals surface area contributed by atoms with Gasteiger partial charge in [-0.1, -0.05) is 303 Å². The zero-order chi connectivity index (χ0) is 58.5. The molecular weight excluding hydrogens is 997 g/mol. The van der Waals surface area contributed by atoms with Gasteiger partial charge in [0.25, 0.3) is 0 Å². The van der Waals surface area contributed by atoms with Gasteiger partial charge >= 0.3 is 17.9 Å². The highest BCUT2D eigenvalue weighted by atomic mass is 16.6. The van der Waals surface area contributed by atoms with Crippen molar-refractivity contribution < 1.29 is 28.6 Å². The molecule has 1 atom stereocenters. The van der Waals surface area contributed by atoms with Gasteiger partial charge in [-0.2, -0.15) is 0 Å². The number of ether oxygens (including phenoxy) is 3. The molecule has 0 amide bonds. The second-order valence-corrected chi connectivity index (χ2v) is 22.4. The Morgan fingerprint density at radius 2 is 0.481 bits per heavy atom. The second-order valence-electron chi connectivity index (χ2n) is 22.4. The fourth-order valence-electron chi connectivity index (χ4n) is 9.37. The third-order valence-corrected chi connectivity index (χ3v) is 14.5. The van der Waals surface area contributed by atoms with Crippen molar-refractivity contribution in [1.29, 1.82) is 0 Å². The Labute approximate surface area is 501 Å². The first-order chi connectivity index (χ1) is 40.0. The minimum atomic E-state index is -0.805. The summed E-state index contributed by atoms with van der Waals surface area (Å²) in [4.78, 5) is 38.4. The summed E-state index contributed by atoms with van der Waals surface area (Å²) in [6.07, 6.45) is 95.0. The summed E-state index contributed by atoms with van der Waals surface area (Å²) in [6.45, 7) is 6.48. The van der Waals surface area contributed by atoms with Crippen LogP contribution < -0.4 is 0 Å². The number of carbonyl (C=O) groups excluding carboxylic acids is 3. The Balaban J connectivity index is 4.44. The Morgan fingerprint density at radius 3 is 0.802 bits per heavy atom. The van der Waals surface area contributed by atoms with E-state index in [0.717, 1.165) is 128 Å². The van der Waals surface area contributed by atoms with E-state index in [0.29, 0.717) is 25.7 Å². The van der Waals surface area contributed by atoms with E-state index in [4.69, 9.17) is 14.2 Å². The lowest BCUT2D eigenvalue weighted by atomic mass is 10.0. The lowest BCUT2D eigenvalue weighted by Crippen LogP contribution is -2.30. The molecule has 0 aliphatic rings. The van der Waals surface area contributed by atoms with Crippen molar-refractivity contribution in [2.75, 3.05) is 13.2 Å². The minimum absolute atomic E-state index is 0.0992. The monoisotopic (exact) mass is 1120 g/mol. The van der Waals surface area contributed by atoms with Gasteiger partial charge in [0.1, 0.15) is 13.2 Å². The molecule has 0 radical (unpaired) electrons. The number of allylic oxidation sites excluding steroid dienone is 20. The average Bonchev–Trinajstić information content (AvgIpc) is 3.47. The van der Waals surface area contributed by atoms with Gasteiger partial charge in [-0.3, -0.25) is 14.4 Å². The summed E-state index contributed by atoms with van der Waals surface area (Å²) in [5.74, 6) is -0.946. The Bertz CT molecular complexity index is 1670. The largest absolute Gasteiger partial charge is 0.462 e. The molecule has 0 heterocycles. The normalized spacial score (nSPS) is 12.9. The lowest BCUT2D eigenvalue weighted by molar-refractivity contribution is -0.167. The van der Waals surface area contributed by atoms with E-state index in [9.17, 15) is 14.4 Å². The van der Waals surface area contributed by atoms with Crippen LogP contribution in [0, 0.1) is 0 Å². The van der Waals surface area contributed by atoms with Crippen LogP contribution in [0.4, 0.5) is 0 Å². The van der Waals surface area contributed by atoms with E-state index < -0.39 is 6.10 Å². The molecule has 81 heavy (non-hydrogen) atoms. The number of esters is 3. The highest BCUT2D eigenvalue weighted by Crippen LogP contribution is 2.17. The highest BCUT2D eigenvalue weighted by Gasteiger charge is 2.19. The first-order valence-corrected chi connectivity index (χ1v) is 34.0. The third kappa shape index (κ3) is 66.5. The topological polar surface area (TPSA) is 78.9 Å². The van der Waals surface area contributed by atoms with E-state index in [1.165, 1.54) is 141 Å². The molecule has 1 unspecified atom stereocenters. The Morgan fingerprint density at radius 1 is 0.259 bits per heavy atom. The maximum atomic E-state index is 12.9. The molecule has 0 aliphatic heterocycles. The van der Waals surface area contributed by atoms with Gasteiger partial charge in [0.05, 0.1) is 0 Å². The maximum absolute atomic E-state index is 12.9. The van der Waals surface area contributed by atoms with Crippen LogP contribution in [0.1, 0.15) is 316 Å². The molecule has 0 aromatic carbocycles. The highest BCUT2D eigenvalue weighted by molar-refractivity contribution is 5.71. The van der Waals surface area contributed by atoms with Crippen LogP contribution >= 0.6 is 0 Å². The molecule has 0 rings (SSSR count). The van der Waals surface area contributed by atoms with Crippen molar-refractivity contribution in [3.8, 4) is 0 Å². The maximum Gasteiger partial charge on any atom is 0.306 e. The molecule has 0 saturated carbocycles. The van der Waals surface area contributed by atoms with Gasteiger partial charge < -0.3 is 14.2 Å². The van der Waals surface area contributed by atoms with Gasteiger partial charge in [0, 0.05) is 19.3 Å². The number of hydrogen-bond donors (Lipinski definition) is 0. The predicted octanol–water partition coefficient (Wildman–Crippen LogP) is 23.6. The van der Waals surface area contributed by atoms with E-state index in [2.05, 4.69) is 142 Å². The number of hydrogen-bond acceptors (Lipinski definition) is 6. The molecular formula is C75H126O6. The zero-order valence-electron chi connectivity index (χ0n) is 53.0. The SMILES string of the molecule is CC/C=C\C/C=C\C/C=C\C/C=C\C/C=C\C/C=C\C/C=C\C/C=C\CCCCC(=O)OCC(COC(=O)CCCCCCC/C=C\C/C=C\CCCCC)OC(=O)CCCCCCCCCCCCCCCCCCCCCCC. The van der Waals surface area contributed by atoms with Crippen molar-refractivity contribution in [3.63, 3.8) is 0 Å². The molecule has 0 fully saturated rings. The standard InChI is InChI=1S/C75H126O6/c1-4-7-10-13-16-19-22-25-28-30-32-34-35-36-37-38-39-41-42-44-47-50-53-56-59-62-65-68-74(77)80-71-72(70-79-73(76)67-64-61-58-55-52-49-46-27-24-21-18-15-12-9-6-3)81-75(78)69-66-63-60-57-54-51-48-45-43-40-33-31-29-26-23-20-17-14-11-8-5-2/h7,10,16,18-19,21,25,27-28,32,34,36-37,39,41,44,46-47,53,56,72H,4-6,8-9,11-15,17,20,22-24,26,29-31,33,35,38,40,42-43,45,48-52,54-55,57-71H2,1-3H3/b10-7-,19-16-,21-18-,28-25-,34-32-,37-36-,41-39-,46-27-,47-44-,56-53-. The van der Waals surface area contributed by atoms with E-state index in [1.807, 2.05) is 0 Å². The van der Waals surface area contributed by atoms with Crippen LogP contribution in [0.3, 0.4) is 0 Å². The van der Waals surface area contributed by atoms with E-state index in [-0.39, 0.29) is 31.1 Å². The van der Waals surface area contributed by atoms with E-state index >= 15 is 0 Å². The van der Waals surface area contributed by atoms with Crippen molar-refractivity contribution >= 4 is 17.9 Å². The third-order valence-electron chi connectivity index (χ3n) is 14.5. The molecule has 462 valence electrons. The average molecular weight is 1120 g/mol. The van der Waals surface area contributed by atoms with Crippen molar-refractivity contribution in [2.45, 2.75) is 322 Å². The summed E-state index contributed by atoms with van der Waals surface area (Å²) in [5, 5.41) is 0. The summed E-state index contributed by atoms with van der Waals surface area (Å²) >= 11 is 0. The first kappa shape index (κ1) is 76.8. The minimum Gasteiger partial charge on any atom is -0.462 e. The predicted molar refractivity (Wildman–Crippen MR) is 353 cm³/mol. The summed E-state index contributed by atoms with van der Waals surface area (Å²) in [5.41, 5.74) is 0. The molecule has 0 aromatic rings. The zero-order valence-corrected chi connectivity index (χ0v) is 53.0. The van der Waals surface area contributed by atoms with Gasteiger partial charge in [-0.05, 0) is 116 Å². The molecule has 0 saturated heterocycles. The molecule has 6 nitrogen and oxygen atoms in total. The van der Waals surface area contributed by atoms with Crippen LogP contribution in [0.25, 0.3) is 0 Å². The fourth-order valence-corrected chi connectivity index (χ4v) is 9.37. The van der Waals surface area contributed by atoms with Gasteiger partial charge in [-0.15, -0.1) is 0 Å². The number of carbonyl (C=O) groups is 3. The van der Waals surface area contributed by atoms with Gasteiger partial charge in [0.2, 0.25) is 0 Å². The summed E-state index contributed by atoms with van der Waals surface area (Å²) in [7, 11) is 0. The molecule has 0 N–H and O–H groups in total. The molecule has 0 aliphatic carbocycles. The lowest BCUT2D eigenvalue weighted by Gasteiger charge is -2.18. The second kappa shape index (κ2) is 68.3. The van der Waals surface area contributed by atoms with Gasteiger partial charge in [0.15, 0.2) is 6.10 Å². The molecule has 6 heteroatoms. The quantitative estimate of drug-likeness (QED) is 0.0261. The number of unbranched alkanes of at least 4 members (excludes halogenated alkanes) is 30. The summed E-state index contributed by atoms with van der Waals surface area (Å²) < 4.78 is 16.9. The molecule has 0 spiro atoms. The first-order valence-electron chi connectivity index (χ1n) is 34.0. The van der Waals surface area contributed by atoms with Crippen molar-refractivity contribution in [2.24, 2.45) is 0 Å². The van der Waals surface area contributed by atoms with Crippen molar-refractivity contribution in [3.05, 3.63) is 122 Å². The molecule has 0 bridgehead atoms. The van der Waals surface area contributed by atoms with Gasteiger partial charge in [-0.25, -0.2) is 0 Å². The smallest absolute Gasteiger partial charge is 0.306 e. The van der Waals surface area contributed by atoms with Crippen LogP contribution in [0.2, 0.25) is 0 Å². The fraction of sp³-hybridized carbons (Fsp3) is 0.693.